The van der Waals surface area contributed by atoms with Crippen LogP contribution in [0.25, 0.3) is 0 Å². The van der Waals surface area contributed by atoms with Gasteiger partial charge < -0.3 is 19.3 Å². The Morgan fingerprint density at radius 1 is 1.05 bits per heavy atom. The predicted octanol–water partition coefficient (Wildman–Crippen LogP) is 3.41. The van der Waals surface area contributed by atoms with E-state index in [1.54, 1.807) is 12.1 Å². The summed E-state index contributed by atoms with van der Waals surface area (Å²) in [7, 11) is 0. The van der Waals surface area contributed by atoms with Crippen LogP contribution in [0.2, 0.25) is 0 Å². The molecule has 0 spiro atoms. The Morgan fingerprint density at radius 2 is 1.81 bits per heavy atom. The number of rotatable bonds is 4. The second-order valence-corrected chi connectivity index (χ2v) is 4.92. The van der Waals surface area contributed by atoms with E-state index >= 15 is 0 Å². The topological polar surface area (TPSA) is 47.9 Å². The number of phenolic OH excluding ortho intramolecular Hbond substituents is 1. The highest BCUT2D eigenvalue weighted by Gasteiger charge is 2.20. The van der Waals surface area contributed by atoms with Crippen molar-refractivity contribution in [2.24, 2.45) is 0 Å². The van der Waals surface area contributed by atoms with Crippen LogP contribution in [-0.2, 0) is 16.1 Å². The fourth-order valence-electron chi connectivity index (χ4n) is 2.22. The lowest BCUT2D eigenvalue weighted by molar-refractivity contribution is -0.183. The van der Waals surface area contributed by atoms with Crippen LogP contribution in [0, 0.1) is 0 Å². The molecule has 0 amide bonds. The smallest absolute Gasteiger partial charge is 0.187 e. The van der Waals surface area contributed by atoms with Crippen LogP contribution in [0.15, 0.2) is 48.5 Å². The highest BCUT2D eigenvalue weighted by Crippen LogP contribution is 2.33. The first kappa shape index (κ1) is 13.9. The van der Waals surface area contributed by atoms with Gasteiger partial charge in [0.2, 0.25) is 0 Å². The zero-order valence-electron chi connectivity index (χ0n) is 11.7. The molecule has 2 aromatic rings. The Kier molecular flexibility index (Phi) is 4.38. The standard InChI is InChI=1S/C17H18O4/c18-16-11-14(21-12-13-5-2-1-3-6-13)7-8-15(16)17-19-9-4-10-20-17/h1-3,5-8,11,17-18H,4,9-10,12H2. The molecule has 0 radical (unpaired) electrons. The second-order valence-electron chi connectivity index (χ2n) is 4.92. The lowest BCUT2D eigenvalue weighted by Crippen LogP contribution is -2.17. The van der Waals surface area contributed by atoms with Crippen LogP contribution in [-0.4, -0.2) is 18.3 Å². The highest BCUT2D eigenvalue weighted by molar-refractivity contribution is 5.40. The maximum Gasteiger partial charge on any atom is 0.187 e. The molecular weight excluding hydrogens is 268 g/mol. The third-order valence-corrected chi connectivity index (χ3v) is 3.33. The molecule has 1 N–H and O–H groups in total. The minimum atomic E-state index is -0.484. The van der Waals surface area contributed by atoms with Gasteiger partial charge in [0.1, 0.15) is 18.1 Å². The maximum absolute atomic E-state index is 10.1. The average Bonchev–Trinajstić information content (AvgIpc) is 2.55. The average molecular weight is 286 g/mol. The van der Waals surface area contributed by atoms with Gasteiger partial charge >= 0.3 is 0 Å². The van der Waals surface area contributed by atoms with E-state index in [1.807, 2.05) is 36.4 Å². The predicted molar refractivity (Wildman–Crippen MR) is 78.1 cm³/mol. The highest BCUT2D eigenvalue weighted by atomic mass is 16.7. The van der Waals surface area contributed by atoms with Gasteiger partial charge in [-0.25, -0.2) is 0 Å². The van der Waals surface area contributed by atoms with Gasteiger partial charge in [-0.2, -0.15) is 0 Å². The SMILES string of the molecule is Oc1cc(OCc2ccccc2)ccc1C1OCCCO1. The molecule has 1 aliphatic heterocycles. The third-order valence-electron chi connectivity index (χ3n) is 3.33. The van der Waals surface area contributed by atoms with Crippen LogP contribution in [0.4, 0.5) is 0 Å². The number of hydrogen-bond donors (Lipinski definition) is 1. The molecule has 1 saturated heterocycles. The van der Waals surface area contributed by atoms with Crippen molar-refractivity contribution in [2.45, 2.75) is 19.3 Å². The Bertz CT molecular complexity index is 577. The molecule has 4 heteroatoms. The van der Waals surface area contributed by atoms with Crippen LogP contribution in [0.1, 0.15) is 23.8 Å². The number of aromatic hydroxyl groups is 1. The summed E-state index contributed by atoms with van der Waals surface area (Å²) in [4.78, 5) is 0. The second kappa shape index (κ2) is 6.61. The zero-order chi connectivity index (χ0) is 14.5. The molecule has 3 rings (SSSR count). The lowest BCUT2D eigenvalue weighted by atomic mass is 10.1. The molecule has 0 aliphatic carbocycles. The molecular formula is C17H18O4. The van der Waals surface area contributed by atoms with Crippen molar-refractivity contribution in [3.63, 3.8) is 0 Å². The van der Waals surface area contributed by atoms with Crippen molar-refractivity contribution in [1.82, 2.24) is 0 Å². The van der Waals surface area contributed by atoms with Crippen LogP contribution >= 0.6 is 0 Å². The van der Waals surface area contributed by atoms with Crippen molar-refractivity contribution in [3.05, 3.63) is 59.7 Å². The van der Waals surface area contributed by atoms with E-state index in [4.69, 9.17) is 14.2 Å². The molecule has 21 heavy (non-hydrogen) atoms. The van der Waals surface area contributed by atoms with Gasteiger partial charge in [0.25, 0.3) is 0 Å². The molecule has 0 unspecified atom stereocenters. The number of hydrogen-bond acceptors (Lipinski definition) is 4. The Morgan fingerprint density at radius 3 is 2.52 bits per heavy atom. The minimum absolute atomic E-state index is 0.132. The number of phenols is 1. The molecule has 1 fully saturated rings. The zero-order valence-corrected chi connectivity index (χ0v) is 11.7. The number of benzene rings is 2. The molecule has 1 heterocycles. The van der Waals surface area contributed by atoms with Gasteiger partial charge in [-0.3, -0.25) is 0 Å². The summed E-state index contributed by atoms with van der Waals surface area (Å²) in [6, 6.07) is 15.1. The molecule has 0 atom stereocenters. The Hall–Kier alpha value is -2.04. The first-order valence-corrected chi connectivity index (χ1v) is 7.06. The fraction of sp³-hybridized carbons (Fsp3) is 0.294. The monoisotopic (exact) mass is 286 g/mol. The summed E-state index contributed by atoms with van der Waals surface area (Å²) in [5.74, 6) is 0.753. The van der Waals surface area contributed by atoms with Crippen LogP contribution < -0.4 is 4.74 Å². The maximum atomic E-state index is 10.1. The quantitative estimate of drug-likeness (QED) is 0.935. The van der Waals surface area contributed by atoms with Gasteiger partial charge in [0.05, 0.1) is 13.2 Å². The van der Waals surface area contributed by atoms with E-state index in [0.717, 1.165) is 12.0 Å². The lowest BCUT2D eigenvalue weighted by Gasteiger charge is -2.24. The third kappa shape index (κ3) is 3.54. The van der Waals surface area contributed by atoms with Gasteiger partial charge in [0, 0.05) is 11.6 Å². The fourth-order valence-corrected chi connectivity index (χ4v) is 2.22. The van der Waals surface area contributed by atoms with E-state index < -0.39 is 6.29 Å². The van der Waals surface area contributed by atoms with Gasteiger partial charge in [-0.05, 0) is 24.1 Å². The van der Waals surface area contributed by atoms with Gasteiger partial charge in [0.15, 0.2) is 6.29 Å². The van der Waals surface area contributed by atoms with E-state index in [9.17, 15) is 5.11 Å². The molecule has 110 valence electrons. The molecule has 0 bridgehead atoms. The van der Waals surface area contributed by atoms with Crippen molar-refractivity contribution >= 4 is 0 Å². The van der Waals surface area contributed by atoms with E-state index in [1.165, 1.54) is 0 Å². The largest absolute Gasteiger partial charge is 0.507 e. The van der Waals surface area contributed by atoms with Crippen molar-refractivity contribution in [2.75, 3.05) is 13.2 Å². The van der Waals surface area contributed by atoms with E-state index in [2.05, 4.69) is 0 Å². The Labute approximate surface area is 123 Å². The molecule has 0 aromatic heterocycles. The van der Waals surface area contributed by atoms with E-state index in [0.29, 0.717) is 31.1 Å². The minimum Gasteiger partial charge on any atom is -0.507 e. The first-order valence-electron chi connectivity index (χ1n) is 7.06. The first-order chi connectivity index (χ1) is 10.3. The van der Waals surface area contributed by atoms with Crippen molar-refractivity contribution in [1.29, 1.82) is 0 Å². The summed E-state index contributed by atoms with van der Waals surface area (Å²) < 4.78 is 16.7. The van der Waals surface area contributed by atoms with E-state index in [-0.39, 0.29) is 5.75 Å². The summed E-state index contributed by atoms with van der Waals surface area (Å²) in [6.07, 6.45) is 0.400. The van der Waals surface area contributed by atoms with Gasteiger partial charge in [-0.15, -0.1) is 0 Å². The summed E-state index contributed by atoms with van der Waals surface area (Å²) in [5, 5.41) is 10.1. The van der Waals surface area contributed by atoms with Crippen molar-refractivity contribution < 1.29 is 19.3 Å². The van der Waals surface area contributed by atoms with Crippen LogP contribution in [0.3, 0.4) is 0 Å². The van der Waals surface area contributed by atoms with Crippen molar-refractivity contribution in [3.8, 4) is 11.5 Å². The summed E-state index contributed by atoms with van der Waals surface area (Å²) in [6.45, 7) is 1.77. The van der Waals surface area contributed by atoms with Crippen LogP contribution in [0.5, 0.6) is 11.5 Å². The van der Waals surface area contributed by atoms with Gasteiger partial charge in [-0.1, -0.05) is 30.3 Å². The Balaban J connectivity index is 1.66. The molecule has 0 saturated carbocycles. The molecule has 2 aromatic carbocycles. The molecule has 1 aliphatic rings. The molecule has 4 nitrogen and oxygen atoms in total. The normalized spacial score (nSPS) is 15.8. The number of ether oxygens (including phenoxy) is 3. The summed E-state index contributed by atoms with van der Waals surface area (Å²) in [5.41, 5.74) is 1.72. The summed E-state index contributed by atoms with van der Waals surface area (Å²) >= 11 is 0.